The van der Waals surface area contributed by atoms with E-state index in [-0.39, 0.29) is 0 Å². The van der Waals surface area contributed by atoms with Crippen molar-refractivity contribution in [1.82, 2.24) is 0 Å². The molecule has 0 aliphatic rings. The quantitative estimate of drug-likeness (QED) is 0.605. The van der Waals surface area contributed by atoms with Crippen LogP contribution in [0.1, 0.15) is 0 Å². The van der Waals surface area contributed by atoms with Crippen LogP contribution in [0.15, 0.2) is 0 Å². The number of rotatable bonds is 2. The topological polar surface area (TPSA) is 49.7 Å². The minimum atomic E-state index is -2.48. The van der Waals surface area contributed by atoms with Crippen LogP contribution in [0.4, 0.5) is 0 Å². The molecule has 2 N–H and O–H groups in total. The zero-order chi connectivity index (χ0) is 7.71. The molecular formula is C4H16O3P2. The van der Waals surface area contributed by atoms with Gasteiger partial charge in [0.05, 0.1) is 0 Å². The van der Waals surface area contributed by atoms with Gasteiger partial charge in [-0.25, -0.2) is 0 Å². The third kappa shape index (κ3) is 8.74. The average Bonchev–Trinajstić information content (AvgIpc) is 1.14. The molecule has 0 aromatic rings. The summed E-state index contributed by atoms with van der Waals surface area (Å²) in [5.41, 5.74) is 0. The van der Waals surface area contributed by atoms with E-state index in [1.54, 1.807) is 26.7 Å². The molecular weight excluding hydrogens is 158 g/mol. The van der Waals surface area contributed by atoms with Crippen molar-refractivity contribution in [2.24, 2.45) is 0 Å². The van der Waals surface area contributed by atoms with Gasteiger partial charge in [0.25, 0.3) is 0 Å². The number of hydrogen-bond acceptors (Lipinski definition) is 3. The fourth-order valence-corrected chi connectivity index (χ4v) is 5.50. The molecule has 0 heterocycles. The van der Waals surface area contributed by atoms with E-state index in [0.717, 1.165) is 0 Å². The second-order valence-electron chi connectivity index (χ2n) is 3.00. The van der Waals surface area contributed by atoms with Crippen molar-refractivity contribution in [3.8, 4) is 0 Å². The second-order valence-corrected chi connectivity index (χ2v) is 9.60. The van der Waals surface area contributed by atoms with Gasteiger partial charge in [0.1, 0.15) is 0 Å². The van der Waals surface area contributed by atoms with Crippen molar-refractivity contribution in [2.45, 2.75) is 0 Å². The van der Waals surface area contributed by atoms with E-state index < -0.39 is 15.4 Å². The molecule has 0 aromatic heterocycles. The second kappa shape index (κ2) is 2.77. The maximum atomic E-state index is 9.14. The monoisotopic (exact) mass is 174 g/mol. The summed E-state index contributed by atoms with van der Waals surface area (Å²) in [5.74, 6) is 0. The molecule has 0 aliphatic heterocycles. The van der Waals surface area contributed by atoms with Crippen LogP contribution in [0.3, 0.4) is 0 Å². The molecule has 0 saturated heterocycles. The van der Waals surface area contributed by atoms with Gasteiger partial charge in [-0.3, -0.25) is 0 Å². The van der Waals surface area contributed by atoms with Gasteiger partial charge < -0.3 is 0 Å². The predicted molar refractivity (Wildman–Crippen MR) is 45.8 cm³/mol. The van der Waals surface area contributed by atoms with E-state index in [9.17, 15) is 0 Å². The Morgan fingerprint density at radius 1 is 0.889 bits per heavy atom. The van der Waals surface area contributed by atoms with Gasteiger partial charge in [-0.05, 0) is 0 Å². The van der Waals surface area contributed by atoms with Crippen molar-refractivity contribution in [2.75, 3.05) is 26.7 Å². The van der Waals surface area contributed by atoms with E-state index in [1.165, 1.54) is 0 Å². The summed E-state index contributed by atoms with van der Waals surface area (Å²) in [7, 11) is -4.96. The van der Waals surface area contributed by atoms with Crippen LogP contribution in [0.5, 0.6) is 0 Å². The van der Waals surface area contributed by atoms with Crippen molar-refractivity contribution in [1.29, 1.82) is 0 Å². The fraction of sp³-hybridized carbons (Fsp3) is 1.00. The standard InChI is InChI=1S/C4H16O3P2/c1-8(2,5)7-9(3,4)6/h5-6,8-9H,1-4H3. The molecule has 0 atom stereocenters. The zero-order valence-corrected chi connectivity index (χ0v) is 8.30. The molecule has 5 heteroatoms. The Labute approximate surface area is 57.1 Å². The first-order chi connectivity index (χ1) is 3.71. The minimum absolute atomic E-state index is 1.64. The molecule has 0 bridgehead atoms. The third-order valence-electron chi connectivity index (χ3n) is 0.500. The third-order valence-corrected chi connectivity index (χ3v) is 4.50. The Hall–Kier alpha value is 0.740. The summed E-state index contributed by atoms with van der Waals surface area (Å²) in [6.07, 6.45) is 0. The fourth-order valence-electron chi connectivity index (χ4n) is 0.611. The zero-order valence-electron chi connectivity index (χ0n) is 6.30. The summed E-state index contributed by atoms with van der Waals surface area (Å²) < 4.78 is 5.01. The van der Waals surface area contributed by atoms with E-state index in [4.69, 9.17) is 14.1 Å². The van der Waals surface area contributed by atoms with Crippen LogP contribution in [-0.2, 0) is 4.31 Å². The Balaban J connectivity index is 3.75. The normalized spacial score (nSPS) is 17.6. The van der Waals surface area contributed by atoms with Crippen LogP contribution < -0.4 is 0 Å². The van der Waals surface area contributed by atoms with E-state index >= 15 is 0 Å². The van der Waals surface area contributed by atoms with Crippen molar-refractivity contribution in [3.05, 3.63) is 0 Å². The van der Waals surface area contributed by atoms with Gasteiger partial charge >= 0.3 is 56.2 Å². The molecule has 0 radical (unpaired) electrons. The van der Waals surface area contributed by atoms with Gasteiger partial charge in [-0.2, -0.15) is 0 Å². The van der Waals surface area contributed by atoms with Gasteiger partial charge in [-0.15, -0.1) is 0 Å². The van der Waals surface area contributed by atoms with Crippen LogP contribution >= 0.6 is 15.4 Å². The van der Waals surface area contributed by atoms with Gasteiger partial charge in [0.2, 0.25) is 0 Å². The van der Waals surface area contributed by atoms with Crippen molar-refractivity contribution in [3.63, 3.8) is 0 Å². The Bertz CT molecular complexity index is 79.0. The average molecular weight is 174 g/mol. The first kappa shape index (κ1) is 9.74. The van der Waals surface area contributed by atoms with Crippen molar-refractivity contribution >= 4 is 15.4 Å². The summed E-state index contributed by atoms with van der Waals surface area (Å²) >= 11 is 0. The molecule has 0 rings (SSSR count). The molecule has 0 aromatic carbocycles. The van der Waals surface area contributed by atoms with Crippen LogP contribution in [-0.4, -0.2) is 36.4 Å². The Morgan fingerprint density at radius 3 is 1.11 bits per heavy atom. The molecule has 60 valence electrons. The van der Waals surface area contributed by atoms with E-state index in [2.05, 4.69) is 0 Å². The first-order valence-corrected chi connectivity index (χ1v) is 8.57. The van der Waals surface area contributed by atoms with Crippen molar-refractivity contribution < 1.29 is 14.1 Å². The SMILES string of the molecule is C[PH](C)(O)O[PH](C)(C)O. The van der Waals surface area contributed by atoms with E-state index in [0.29, 0.717) is 0 Å². The summed E-state index contributed by atoms with van der Waals surface area (Å²) in [6.45, 7) is 6.55. The maximum absolute atomic E-state index is 9.14. The Morgan fingerprint density at radius 2 is 1.11 bits per heavy atom. The van der Waals surface area contributed by atoms with Gasteiger partial charge in [0, 0.05) is 0 Å². The molecule has 9 heavy (non-hydrogen) atoms. The molecule has 0 aliphatic carbocycles. The number of hydrogen-bond donors (Lipinski definition) is 2. The Kier molecular flexibility index (Phi) is 3.00. The molecule has 0 spiro atoms. The molecule has 0 unspecified atom stereocenters. The summed E-state index contributed by atoms with van der Waals surface area (Å²) in [5, 5.41) is 0. The van der Waals surface area contributed by atoms with Crippen LogP contribution in [0, 0.1) is 0 Å². The summed E-state index contributed by atoms with van der Waals surface area (Å²) in [4.78, 5) is 18.3. The molecule has 0 amide bonds. The van der Waals surface area contributed by atoms with E-state index in [1.807, 2.05) is 0 Å². The molecule has 0 fully saturated rings. The van der Waals surface area contributed by atoms with Gasteiger partial charge in [-0.1, -0.05) is 0 Å². The summed E-state index contributed by atoms with van der Waals surface area (Å²) in [6, 6.07) is 0. The van der Waals surface area contributed by atoms with Gasteiger partial charge in [0.15, 0.2) is 0 Å². The first-order valence-electron chi connectivity index (χ1n) is 2.86. The predicted octanol–water partition coefficient (Wildman–Crippen LogP) is 0.667. The van der Waals surface area contributed by atoms with Crippen LogP contribution in [0.25, 0.3) is 0 Å². The van der Waals surface area contributed by atoms with Crippen LogP contribution in [0.2, 0.25) is 0 Å². The molecule has 0 saturated carbocycles. The molecule has 3 nitrogen and oxygen atoms in total.